The molecule has 1 saturated heterocycles. The third kappa shape index (κ3) is 3.34. The van der Waals surface area contributed by atoms with Gasteiger partial charge in [-0.25, -0.2) is 12.7 Å². The van der Waals surface area contributed by atoms with E-state index in [9.17, 15) is 8.42 Å². The Balaban J connectivity index is 2.75. The second-order valence-corrected chi connectivity index (χ2v) is 8.09. The highest BCUT2D eigenvalue weighted by Gasteiger charge is 2.32. The fourth-order valence-corrected chi connectivity index (χ4v) is 3.86. The monoisotopic (exact) mass is 267 g/mol. The van der Waals surface area contributed by atoms with Crippen molar-refractivity contribution < 1.29 is 8.42 Å². The van der Waals surface area contributed by atoms with Crippen LogP contribution in [0.2, 0.25) is 0 Å². The van der Waals surface area contributed by atoms with Gasteiger partial charge in [-0.3, -0.25) is 0 Å². The molecule has 0 saturated carbocycles. The molecule has 1 heterocycles. The summed E-state index contributed by atoms with van der Waals surface area (Å²) in [5, 5.41) is -0.477. The van der Waals surface area contributed by atoms with Crippen molar-refractivity contribution in [1.82, 2.24) is 4.31 Å². The summed E-state index contributed by atoms with van der Waals surface area (Å²) in [5.41, 5.74) is 0.258. The van der Waals surface area contributed by atoms with Gasteiger partial charge in [-0.15, -0.1) is 11.6 Å². The van der Waals surface area contributed by atoms with Crippen molar-refractivity contribution in [2.45, 2.75) is 45.3 Å². The van der Waals surface area contributed by atoms with Crippen LogP contribution in [0.25, 0.3) is 0 Å². The summed E-state index contributed by atoms with van der Waals surface area (Å²) < 4.78 is 25.9. The molecule has 0 spiro atoms. The number of halogens is 1. The molecule has 1 rings (SSSR count). The molecule has 0 amide bonds. The zero-order valence-corrected chi connectivity index (χ0v) is 11.9. The molecule has 1 aliphatic rings. The fourth-order valence-electron chi connectivity index (χ4n) is 1.99. The highest BCUT2D eigenvalue weighted by molar-refractivity contribution is 7.89. The maximum Gasteiger partial charge on any atom is 0.217 e. The van der Waals surface area contributed by atoms with Crippen LogP contribution in [0.15, 0.2) is 0 Å². The van der Waals surface area contributed by atoms with Gasteiger partial charge in [0.05, 0.1) is 5.25 Å². The lowest BCUT2D eigenvalue weighted by molar-refractivity contribution is 0.314. The molecule has 0 aromatic heterocycles. The molecule has 1 aliphatic heterocycles. The molecule has 0 aromatic rings. The minimum absolute atomic E-state index is 0.169. The Labute approximate surface area is 104 Å². The van der Waals surface area contributed by atoms with E-state index in [1.807, 2.05) is 0 Å². The van der Waals surface area contributed by atoms with Gasteiger partial charge in [0.1, 0.15) is 0 Å². The highest BCUT2D eigenvalue weighted by Crippen LogP contribution is 2.31. The zero-order valence-electron chi connectivity index (χ0n) is 10.4. The Kier molecular flexibility index (Phi) is 4.66. The number of rotatable bonds is 3. The van der Waals surface area contributed by atoms with Crippen LogP contribution in [-0.4, -0.2) is 36.9 Å². The van der Waals surface area contributed by atoms with Crippen LogP contribution in [-0.2, 0) is 10.0 Å². The third-order valence-electron chi connectivity index (χ3n) is 3.38. The van der Waals surface area contributed by atoms with Crippen molar-refractivity contribution >= 4 is 21.6 Å². The topological polar surface area (TPSA) is 37.4 Å². The van der Waals surface area contributed by atoms with Gasteiger partial charge in [0.25, 0.3) is 0 Å². The summed E-state index contributed by atoms with van der Waals surface area (Å²) in [6, 6.07) is 0. The van der Waals surface area contributed by atoms with Crippen LogP contribution < -0.4 is 0 Å². The average Bonchev–Trinajstić information content (AvgIpc) is 2.38. The summed E-state index contributed by atoms with van der Waals surface area (Å²) in [5.74, 6) is 0.169. The van der Waals surface area contributed by atoms with Gasteiger partial charge in [0, 0.05) is 19.0 Å². The maximum absolute atomic E-state index is 12.1. The van der Waals surface area contributed by atoms with Crippen LogP contribution in [0.3, 0.4) is 0 Å². The molecular weight excluding hydrogens is 246 g/mol. The summed E-state index contributed by atoms with van der Waals surface area (Å²) in [7, 11) is -3.18. The normalized spacial score (nSPS) is 25.0. The second-order valence-electron chi connectivity index (χ2n) is 5.43. The van der Waals surface area contributed by atoms with Crippen molar-refractivity contribution in [2.24, 2.45) is 5.41 Å². The molecule has 3 nitrogen and oxygen atoms in total. The van der Waals surface area contributed by atoms with E-state index >= 15 is 0 Å². The van der Waals surface area contributed by atoms with E-state index in [0.29, 0.717) is 13.1 Å². The fraction of sp³-hybridized carbons (Fsp3) is 1.00. The van der Waals surface area contributed by atoms with Crippen molar-refractivity contribution in [3.05, 3.63) is 0 Å². The van der Waals surface area contributed by atoms with Crippen molar-refractivity contribution in [3.8, 4) is 0 Å². The minimum atomic E-state index is -3.18. The minimum Gasteiger partial charge on any atom is -0.212 e. The first-order valence-corrected chi connectivity index (χ1v) is 7.88. The van der Waals surface area contributed by atoms with Crippen molar-refractivity contribution in [1.29, 1.82) is 0 Å². The Morgan fingerprint density at radius 3 is 2.50 bits per heavy atom. The van der Waals surface area contributed by atoms with Crippen LogP contribution in [0, 0.1) is 5.41 Å². The lowest BCUT2D eigenvalue weighted by atomic mass is 9.85. The predicted molar refractivity (Wildman–Crippen MR) is 68.3 cm³/mol. The largest absolute Gasteiger partial charge is 0.217 e. The molecule has 96 valence electrons. The smallest absolute Gasteiger partial charge is 0.212 e. The summed E-state index contributed by atoms with van der Waals surface area (Å²) in [6.45, 7) is 7.37. The number of alkyl halides is 1. The van der Waals surface area contributed by atoms with E-state index in [1.165, 1.54) is 0 Å². The lowest BCUT2D eigenvalue weighted by Gasteiger charge is -2.24. The third-order valence-corrected chi connectivity index (χ3v) is 6.30. The van der Waals surface area contributed by atoms with Gasteiger partial charge >= 0.3 is 0 Å². The van der Waals surface area contributed by atoms with E-state index < -0.39 is 15.3 Å². The molecule has 1 fully saturated rings. The molecule has 0 N–H and O–H groups in total. The number of hydrogen-bond donors (Lipinski definition) is 0. The van der Waals surface area contributed by atoms with Crippen molar-refractivity contribution in [3.63, 3.8) is 0 Å². The first-order chi connectivity index (χ1) is 7.29. The first-order valence-electron chi connectivity index (χ1n) is 5.84. The molecule has 0 radical (unpaired) electrons. The second kappa shape index (κ2) is 5.23. The SMILES string of the molecule is CC(CCl)S(=O)(=O)N1CCCC(C)(C)CC1. The summed E-state index contributed by atoms with van der Waals surface area (Å²) in [6.07, 6.45) is 2.97. The van der Waals surface area contributed by atoms with Gasteiger partial charge in [-0.2, -0.15) is 0 Å². The Bertz CT molecular complexity index is 327. The molecule has 16 heavy (non-hydrogen) atoms. The van der Waals surface area contributed by atoms with Gasteiger partial charge in [-0.05, 0) is 31.6 Å². The Morgan fingerprint density at radius 2 is 1.94 bits per heavy atom. The molecule has 0 aliphatic carbocycles. The number of hydrogen-bond acceptors (Lipinski definition) is 2. The number of nitrogens with zero attached hydrogens (tertiary/aromatic N) is 1. The van der Waals surface area contributed by atoms with Gasteiger partial charge in [0.2, 0.25) is 10.0 Å². The first kappa shape index (κ1) is 14.3. The lowest BCUT2D eigenvalue weighted by Crippen LogP contribution is -2.39. The van der Waals surface area contributed by atoms with Gasteiger partial charge in [0.15, 0.2) is 0 Å². The summed E-state index contributed by atoms with van der Waals surface area (Å²) >= 11 is 5.65. The van der Waals surface area contributed by atoms with Crippen LogP contribution in [0.1, 0.15) is 40.0 Å². The van der Waals surface area contributed by atoms with Gasteiger partial charge < -0.3 is 0 Å². The molecular formula is C11H22ClNO2S. The molecule has 1 unspecified atom stereocenters. The predicted octanol–water partition coefficient (Wildman–Crippen LogP) is 2.46. The van der Waals surface area contributed by atoms with E-state index in [1.54, 1.807) is 11.2 Å². The van der Waals surface area contributed by atoms with Gasteiger partial charge in [-0.1, -0.05) is 13.8 Å². The van der Waals surface area contributed by atoms with Crippen molar-refractivity contribution in [2.75, 3.05) is 19.0 Å². The van der Waals surface area contributed by atoms with Crippen LogP contribution >= 0.6 is 11.6 Å². The molecule has 0 aromatic carbocycles. The standard InChI is InChI=1S/C11H22ClNO2S/c1-10(9-12)16(14,15)13-7-4-5-11(2,3)6-8-13/h10H,4-9H2,1-3H3. The van der Waals surface area contributed by atoms with E-state index in [2.05, 4.69) is 13.8 Å². The quantitative estimate of drug-likeness (QED) is 0.737. The van der Waals surface area contributed by atoms with Crippen LogP contribution in [0.4, 0.5) is 0 Å². The van der Waals surface area contributed by atoms with E-state index in [-0.39, 0.29) is 11.3 Å². The Hall–Kier alpha value is 0.200. The maximum atomic E-state index is 12.1. The summed E-state index contributed by atoms with van der Waals surface area (Å²) in [4.78, 5) is 0. The molecule has 0 bridgehead atoms. The highest BCUT2D eigenvalue weighted by atomic mass is 35.5. The van der Waals surface area contributed by atoms with E-state index in [4.69, 9.17) is 11.6 Å². The zero-order chi connectivity index (χ0) is 12.4. The van der Waals surface area contributed by atoms with E-state index in [0.717, 1.165) is 19.3 Å². The van der Waals surface area contributed by atoms with Crippen LogP contribution in [0.5, 0.6) is 0 Å². The molecule has 1 atom stereocenters. The molecule has 5 heteroatoms. The average molecular weight is 268 g/mol. The number of sulfonamides is 1. The Morgan fingerprint density at radius 1 is 1.31 bits per heavy atom.